The number of aromatic nitrogens is 1. The maximum Gasteiger partial charge on any atom is 0.188 e. The Balaban J connectivity index is 2.00. The molecule has 0 N–H and O–H groups in total. The Morgan fingerprint density at radius 2 is 2.40 bits per heavy atom. The lowest BCUT2D eigenvalue weighted by Crippen LogP contribution is -2.13. The second-order valence-corrected chi connectivity index (χ2v) is 4.18. The molecule has 0 aliphatic carbocycles. The highest BCUT2D eigenvalue weighted by Crippen LogP contribution is 2.15. The van der Waals surface area contributed by atoms with E-state index in [-0.39, 0.29) is 0 Å². The van der Waals surface area contributed by atoms with Crippen molar-refractivity contribution in [2.75, 3.05) is 6.61 Å². The van der Waals surface area contributed by atoms with Crippen LogP contribution in [0.1, 0.15) is 19.4 Å². The van der Waals surface area contributed by atoms with Gasteiger partial charge in [0, 0.05) is 12.4 Å². The molecule has 0 bridgehead atoms. The van der Waals surface area contributed by atoms with Gasteiger partial charge in [-0.25, -0.2) is 4.99 Å². The van der Waals surface area contributed by atoms with E-state index in [0.29, 0.717) is 12.0 Å². The van der Waals surface area contributed by atoms with Crippen LogP contribution in [0.15, 0.2) is 29.5 Å². The van der Waals surface area contributed by atoms with Crippen LogP contribution in [0.25, 0.3) is 0 Å². The normalized spacial score (nSPS) is 20.2. The Bertz CT molecular complexity index is 346. The Morgan fingerprint density at radius 1 is 1.53 bits per heavy atom. The van der Waals surface area contributed by atoms with Gasteiger partial charge in [-0.1, -0.05) is 19.9 Å². The number of hydrogen-bond donors (Lipinski definition) is 0. The second-order valence-electron chi connectivity index (χ2n) is 4.18. The average molecular weight is 204 g/mol. The summed E-state index contributed by atoms with van der Waals surface area (Å²) in [6.45, 7) is 5.07. The molecule has 0 saturated heterocycles. The minimum Gasteiger partial charge on any atom is -0.478 e. The van der Waals surface area contributed by atoms with Gasteiger partial charge in [0.1, 0.15) is 6.61 Å². The molecule has 2 rings (SSSR count). The molecule has 0 aromatic carbocycles. The molecule has 0 radical (unpaired) electrons. The first-order valence-electron chi connectivity index (χ1n) is 5.34. The summed E-state index contributed by atoms with van der Waals surface area (Å²) in [5.74, 6) is 1.40. The van der Waals surface area contributed by atoms with E-state index in [0.717, 1.165) is 24.5 Å². The quantitative estimate of drug-likeness (QED) is 0.755. The smallest absolute Gasteiger partial charge is 0.188 e. The van der Waals surface area contributed by atoms with Crippen molar-refractivity contribution in [3.8, 4) is 0 Å². The van der Waals surface area contributed by atoms with Gasteiger partial charge >= 0.3 is 0 Å². The van der Waals surface area contributed by atoms with Gasteiger partial charge in [-0.15, -0.1) is 0 Å². The lowest BCUT2D eigenvalue weighted by Gasteiger charge is -2.06. The summed E-state index contributed by atoms with van der Waals surface area (Å²) in [7, 11) is 0. The van der Waals surface area contributed by atoms with E-state index in [2.05, 4.69) is 23.8 Å². The lowest BCUT2D eigenvalue weighted by atomic mass is 10.1. The zero-order valence-electron chi connectivity index (χ0n) is 9.18. The first kappa shape index (κ1) is 10.1. The molecule has 1 aliphatic rings. The van der Waals surface area contributed by atoms with Gasteiger partial charge in [0.2, 0.25) is 0 Å². The fraction of sp³-hybridized carbons (Fsp3) is 0.500. The first-order chi connectivity index (χ1) is 7.25. The summed E-state index contributed by atoms with van der Waals surface area (Å²) >= 11 is 0. The van der Waals surface area contributed by atoms with Gasteiger partial charge in [-0.3, -0.25) is 4.98 Å². The van der Waals surface area contributed by atoms with E-state index in [1.807, 2.05) is 18.3 Å². The van der Waals surface area contributed by atoms with Crippen LogP contribution in [-0.4, -0.2) is 23.5 Å². The zero-order valence-corrected chi connectivity index (χ0v) is 9.18. The number of rotatable bonds is 3. The highest BCUT2D eigenvalue weighted by atomic mass is 16.5. The number of aliphatic imine (C=N–C) groups is 1. The Labute approximate surface area is 90.2 Å². The maximum atomic E-state index is 5.55. The van der Waals surface area contributed by atoms with Crippen molar-refractivity contribution in [2.45, 2.75) is 26.3 Å². The molecule has 1 aromatic heterocycles. The molecule has 0 spiro atoms. The predicted molar refractivity (Wildman–Crippen MR) is 60.0 cm³/mol. The molecule has 0 fully saturated rings. The highest BCUT2D eigenvalue weighted by Gasteiger charge is 2.21. The summed E-state index contributed by atoms with van der Waals surface area (Å²) in [6.07, 6.45) is 4.39. The monoisotopic (exact) mass is 204 g/mol. The number of hydrogen-bond acceptors (Lipinski definition) is 3. The molecule has 3 nitrogen and oxygen atoms in total. The number of nitrogens with zero attached hydrogens (tertiary/aromatic N) is 2. The van der Waals surface area contributed by atoms with E-state index in [1.54, 1.807) is 6.20 Å². The molecular weight excluding hydrogens is 188 g/mol. The summed E-state index contributed by atoms with van der Waals surface area (Å²) in [6, 6.07) is 4.31. The van der Waals surface area contributed by atoms with Crippen LogP contribution in [0.4, 0.5) is 0 Å². The van der Waals surface area contributed by atoms with Crippen molar-refractivity contribution in [1.29, 1.82) is 0 Å². The van der Waals surface area contributed by atoms with Crippen LogP contribution in [0, 0.1) is 5.92 Å². The van der Waals surface area contributed by atoms with Crippen LogP contribution in [-0.2, 0) is 11.2 Å². The first-order valence-corrected chi connectivity index (χ1v) is 5.34. The average Bonchev–Trinajstić information content (AvgIpc) is 2.68. The fourth-order valence-electron chi connectivity index (χ4n) is 1.56. The Hall–Kier alpha value is -1.38. The molecule has 0 unspecified atom stereocenters. The molecule has 0 saturated carbocycles. The van der Waals surface area contributed by atoms with Crippen LogP contribution >= 0.6 is 0 Å². The summed E-state index contributed by atoms with van der Waals surface area (Å²) in [4.78, 5) is 8.62. The molecule has 15 heavy (non-hydrogen) atoms. The van der Waals surface area contributed by atoms with Gasteiger partial charge in [0.25, 0.3) is 0 Å². The molecule has 3 heteroatoms. The van der Waals surface area contributed by atoms with Crippen LogP contribution < -0.4 is 0 Å². The standard InChI is InChI=1S/C12H16N2O/c1-9(2)11-8-15-12(14-11)6-10-4-3-5-13-7-10/h3-5,7,9,11H,6,8H2,1-2H3/t11-/m1/s1. The van der Waals surface area contributed by atoms with E-state index in [1.165, 1.54) is 0 Å². The minimum atomic E-state index is 0.330. The van der Waals surface area contributed by atoms with Gasteiger partial charge < -0.3 is 4.74 Å². The van der Waals surface area contributed by atoms with Crippen molar-refractivity contribution < 1.29 is 4.74 Å². The van der Waals surface area contributed by atoms with Crippen molar-refractivity contribution >= 4 is 5.90 Å². The van der Waals surface area contributed by atoms with Gasteiger partial charge in [-0.05, 0) is 17.5 Å². The highest BCUT2D eigenvalue weighted by molar-refractivity contribution is 5.80. The molecule has 1 aromatic rings. The van der Waals surface area contributed by atoms with Crippen LogP contribution in [0.3, 0.4) is 0 Å². The summed E-state index contributed by atoms with van der Waals surface area (Å²) < 4.78 is 5.55. The van der Waals surface area contributed by atoms with Crippen molar-refractivity contribution in [3.63, 3.8) is 0 Å². The second kappa shape index (κ2) is 4.43. The zero-order chi connectivity index (χ0) is 10.7. The fourth-order valence-corrected chi connectivity index (χ4v) is 1.56. The molecule has 1 atom stereocenters. The third kappa shape index (κ3) is 2.55. The van der Waals surface area contributed by atoms with E-state index >= 15 is 0 Å². The Morgan fingerprint density at radius 3 is 3.00 bits per heavy atom. The van der Waals surface area contributed by atoms with E-state index in [4.69, 9.17) is 4.74 Å². The Kier molecular flexibility index (Phi) is 2.99. The van der Waals surface area contributed by atoms with Crippen LogP contribution in [0.5, 0.6) is 0 Å². The predicted octanol–water partition coefficient (Wildman–Crippen LogP) is 2.08. The van der Waals surface area contributed by atoms with Crippen LogP contribution in [0.2, 0.25) is 0 Å². The SMILES string of the molecule is CC(C)[C@H]1COC(Cc2cccnc2)=N1. The topological polar surface area (TPSA) is 34.5 Å². The lowest BCUT2D eigenvalue weighted by molar-refractivity contribution is 0.287. The number of ether oxygens (including phenoxy) is 1. The summed E-state index contributed by atoms with van der Waals surface area (Å²) in [5, 5.41) is 0. The van der Waals surface area contributed by atoms with Crippen molar-refractivity contribution in [1.82, 2.24) is 4.98 Å². The third-order valence-corrected chi connectivity index (χ3v) is 2.58. The largest absolute Gasteiger partial charge is 0.478 e. The van der Waals surface area contributed by atoms with Crippen molar-refractivity contribution in [3.05, 3.63) is 30.1 Å². The van der Waals surface area contributed by atoms with Gasteiger partial charge in [-0.2, -0.15) is 0 Å². The summed E-state index contributed by atoms with van der Waals surface area (Å²) in [5.41, 5.74) is 1.15. The molecular formula is C12H16N2O. The molecule has 1 aliphatic heterocycles. The minimum absolute atomic E-state index is 0.330. The molecule has 2 heterocycles. The number of pyridine rings is 1. The van der Waals surface area contributed by atoms with E-state index in [9.17, 15) is 0 Å². The molecule has 80 valence electrons. The maximum absolute atomic E-state index is 5.55. The van der Waals surface area contributed by atoms with Gasteiger partial charge in [0.15, 0.2) is 5.90 Å². The van der Waals surface area contributed by atoms with E-state index < -0.39 is 0 Å². The molecule has 0 amide bonds. The van der Waals surface area contributed by atoms with Crippen molar-refractivity contribution in [2.24, 2.45) is 10.9 Å². The third-order valence-electron chi connectivity index (χ3n) is 2.58. The van der Waals surface area contributed by atoms with Gasteiger partial charge in [0.05, 0.1) is 12.5 Å².